The van der Waals surface area contributed by atoms with Crippen LogP contribution in [0.3, 0.4) is 0 Å². The number of hydrogen-bond donors (Lipinski definition) is 1. The first-order valence-electron chi connectivity index (χ1n) is 6.93. The highest BCUT2D eigenvalue weighted by atomic mass is 16.5. The molecule has 2 N–H and O–H groups in total. The van der Waals surface area contributed by atoms with E-state index in [4.69, 9.17) is 15.2 Å². The van der Waals surface area contributed by atoms with E-state index in [1.165, 1.54) is 0 Å². The summed E-state index contributed by atoms with van der Waals surface area (Å²) in [6.07, 6.45) is 3.02. The fourth-order valence-corrected chi connectivity index (χ4v) is 3.15. The van der Waals surface area contributed by atoms with Crippen LogP contribution in [-0.2, 0) is 0 Å². The molecule has 104 valence electrons. The Labute approximate surface area is 114 Å². The summed E-state index contributed by atoms with van der Waals surface area (Å²) in [4.78, 5) is 2.35. The average Bonchev–Trinajstić information content (AvgIpc) is 2.42. The van der Waals surface area contributed by atoms with Gasteiger partial charge in [-0.25, -0.2) is 0 Å². The third kappa shape index (κ3) is 2.30. The van der Waals surface area contributed by atoms with Crippen LogP contribution in [0.1, 0.15) is 30.9 Å². The molecule has 0 saturated carbocycles. The predicted octanol–water partition coefficient (Wildman–Crippen LogP) is 1.94. The molecular weight excluding hydrogens is 240 g/mol. The Bertz CT molecular complexity index is 467. The van der Waals surface area contributed by atoms with E-state index in [0.717, 1.165) is 49.4 Å². The molecule has 1 aromatic carbocycles. The van der Waals surface area contributed by atoms with Crippen molar-refractivity contribution in [2.24, 2.45) is 5.73 Å². The van der Waals surface area contributed by atoms with Crippen LogP contribution in [0.4, 0.5) is 0 Å². The minimum atomic E-state index is -0.0620. The first-order chi connectivity index (χ1) is 9.12. The van der Waals surface area contributed by atoms with Gasteiger partial charge in [0.15, 0.2) is 0 Å². The van der Waals surface area contributed by atoms with Crippen LogP contribution in [-0.4, -0.2) is 37.7 Å². The second-order valence-electron chi connectivity index (χ2n) is 5.80. The van der Waals surface area contributed by atoms with Crippen molar-refractivity contribution >= 4 is 0 Å². The molecule has 0 radical (unpaired) electrons. The molecule has 0 aliphatic carbocycles. The summed E-state index contributed by atoms with van der Waals surface area (Å²) >= 11 is 0. The van der Waals surface area contributed by atoms with E-state index in [9.17, 15) is 0 Å². The second-order valence-corrected chi connectivity index (χ2v) is 5.80. The summed E-state index contributed by atoms with van der Waals surface area (Å²) in [5.41, 5.74) is 7.37. The number of fused-ring (bicyclic) bond motifs is 1. The Morgan fingerprint density at radius 3 is 2.79 bits per heavy atom. The zero-order chi connectivity index (χ0) is 13.5. The summed E-state index contributed by atoms with van der Waals surface area (Å²) in [6.45, 7) is 2.16. The molecule has 1 spiro atoms. The maximum atomic E-state index is 6.36. The quantitative estimate of drug-likeness (QED) is 0.840. The molecule has 3 rings (SSSR count). The topological polar surface area (TPSA) is 47.7 Å². The number of ether oxygens (including phenoxy) is 2. The van der Waals surface area contributed by atoms with Crippen molar-refractivity contribution in [1.82, 2.24) is 4.90 Å². The van der Waals surface area contributed by atoms with E-state index >= 15 is 0 Å². The number of methoxy groups -OCH3 is 1. The number of rotatable bonds is 1. The highest BCUT2D eigenvalue weighted by molar-refractivity contribution is 5.44. The van der Waals surface area contributed by atoms with Crippen molar-refractivity contribution < 1.29 is 9.47 Å². The fraction of sp³-hybridized carbons (Fsp3) is 0.600. The Kier molecular flexibility index (Phi) is 3.15. The molecule has 2 heterocycles. The number of piperidine rings is 1. The number of nitrogens with zero attached hydrogens (tertiary/aromatic N) is 1. The van der Waals surface area contributed by atoms with E-state index in [0.29, 0.717) is 0 Å². The number of likely N-dealkylation sites (tertiary alicyclic amines) is 1. The maximum absolute atomic E-state index is 6.36. The van der Waals surface area contributed by atoms with Gasteiger partial charge in [-0.1, -0.05) is 0 Å². The number of benzene rings is 1. The average molecular weight is 262 g/mol. The van der Waals surface area contributed by atoms with Crippen molar-refractivity contribution in [1.29, 1.82) is 0 Å². The third-order valence-corrected chi connectivity index (χ3v) is 4.43. The van der Waals surface area contributed by atoms with Gasteiger partial charge in [0.05, 0.1) is 7.11 Å². The van der Waals surface area contributed by atoms with E-state index < -0.39 is 0 Å². The zero-order valence-corrected chi connectivity index (χ0v) is 11.7. The van der Waals surface area contributed by atoms with E-state index in [1.807, 2.05) is 18.2 Å². The molecule has 0 bridgehead atoms. The largest absolute Gasteiger partial charge is 0.497 e. The monoisotopic (exact) mass is 262 g/mol. The minimum Gasteiger partial charge on any atom is -0.497 e. The van der Waals surface area contributed by atoms with Crippen LogP contribution in [0.2, 0.25) is 0 Å². The van der Waals surface area contributed by atoms with Gasteiger partial charge in [-0.05, 0) is 38.1 Å². The molecule has 1 fully saturated rings. The molecule has 4 heteroatoms. The molecule has 0 amide bonds. The second kappa shape index (κ2) is 4.69. The van der Waals surface area contributed by atoms with Gasteiger partial charge in [-0.3, -0.25) is 0 Å². The molecule has 1 atom stereocenters. The number of nitrogens with two attached hydrogens (primary N) is 1. The van der Waals surface area contributed by atoms with Gasteiger partial charge in [0, 0.05) is 31.1 Å². The third-order valence-electron chi connectivity index (χ3n) is 4.43. The van der Waals surface area contributed by atoms with Gasteiger partial charge in [0.25, 0.3) is 0 Å². The van der Waals surface area contributed by atoms with Gasteiger partial charge in [0.1, 0.15) is 17.1 Å². The molecular formula is C15H22N2O2. The Morgan fingerprint density at radius 1 is 1.37 bits per heavy atom. The standard InChI is InChI=1S/C15H22N2O2/c1-17-7-5-15(6-8-17)10-13(16)12-9-11(18-2)3-4-14(12)19-15/h3-4,9,13H,5-8,10,16H2,1-2H3/t13-/m0/s1. The van der Waals surface area contributed by atoms with Crippen molar-refractivity contribution in [2.75, 3.05) is 27.2 Å². The van der Waals surface area contributed by atoms with Crippen molar-refractivity contribution in [3.05, 3.63) is 23.8 Å². The van der Waals surface area contributed by atoms with Crippen LogP contribution < -0.4 is 15.2 Å². The molecule has 1 aromatic rings. The van der Waals surface area contributed by atoms with Crippen molar-refractivity contribution in [2.45, 2.75) is 30.9 Å². The van der Waals surface area contributed by atoms with Gasteiger partial charge in [-0.15, -0.1) is 0 Å². The summed E-state index contributed by atoms with van der Waals surface area (Å²) in [5, 5.41) is 0. The van der Waals surface area contributed by atoms with Gasteiger partial charge >= 0.3 is 0 Å². The SMILES string of the molecule is COc1ccc2c(c1)[C@@H](N)CC1(CCN(C)CC1)O2. The Morgan fingerprint density at radius 2 is 2.11 bits per heavy atom. The number of hydrogen-bond acceptors (Lipinski definition) is 4. The van der Waals surface area contributed by atoms with E-state index in [2.05, 4.69) is 11.9 Å². The Balaban J connectivity index is 1.88. The highest BCUT2D eigenvalue weighted by Crippen LogP contribution is 2.44. The van der Waals surface area contributed by atoms with Gasteiger partial charge in [-0.2, -0.15) is 0 Å². The lowest BCUT2D eigenvalue weighted by Gasteiger charge is -2.45. The summed E-state index contributed by atoms with van der Waals surface area (Å²) in [5.74, 6) is 1.78. The summed E-state index contributed by atoms with van der Waals surface area (Å²) in [6, 6.07) is 5.98. The molecule has 1 saturated heterocycles. The normalized spacial score (nSPS) is 25.7. The van der Waals surface area contributed by atoms with E-state index in [-0.39, 0.29) is 11.6 Å². The lowest BCUT2D eigenvalue weighted by atomic mass is 9.81. The molecule has 0 unspecified atom stereocenters. The van der Waals surface area contributed by atoms with Crippen LogP contribution >= 0.6 is 0 Å². The van der Waals surface area contributed by atoms with E-state index in [1.54, 1.807) is 7.11 Å². The van der Waals surface area contributed by atoms with Gasteiger partial charge in [0.2, 0.25) is 0 Å². The lowest BCUT2D eigenvalue weighted by Crippen LogP contribution is -2.50. The summed E-state index contributed by atoms with van der Waals surface area (Å²) in [7, 11) is 3.84. The molecule has 0 aromatic heterocycles. The zero-order valence-electron chi connectivity index (χ0n) is 11.7. The maximum Gasteiger partial charge on any atom is 0.125 e. The molecule has 2 aliphatic rings. The highest BCUT2D eigenvalue weighted by Gasteiger charge is 2.41. The first-order valence-corrected chi connectivity index (χ1v) is 6.93. The first kappa shape index (κ1) is 12.8. The van der Waals surface area contributed by atoms with Crippen LogP contribution in [0.25, 0.3) is 0 Å². The van der Waals surface area contributed by atoms with Crippen molar-refractivity contribution in [3.63, 3.8) is 0 Å². The van der Waals surface area contributed by atoms with Gasteiger partial charge < -0.3 is 20.1 Å². The lowest BCUT2D eigenvalue weighted by molar-refractivity contribution is -0.0164. The predicted molar refractivity (Wildman–Crippen MR) is 74.6 cm³/mol. The molecule has 19 heavy (non-hydrogen) atoms. The van der Waals surface area contributed by atoms with Crippen LogP contribution in [0, 0.1) is 0 Å². The smallest absolute Gasteiger partial charge is 0.125 e. The molecule has 2 aliphatic heterocycles. The Hall–Kier alpha value is -1.26. The summed E-state index contributed by atoms with van der Waals surface area (Å²) < 4.78 is 11.6. The minimum absolute atomic E-state index is 0.0438. The van der Waals surface area contributed by atoms with Crippen LogP contribution in [0.15, 0.2) is 18.2 Å². The molecule has 4 nitrogen and oxygen atoms in total. The van der Waals surface area contributed by atoms with Crippen molar-refractivity contribution in [3.8, 4) is 11.5 Å². The van der Waals surface area contributed by atoms with Crippen LogP contribution in [0.5, 0.6) is 11.5 Å². The fourth-order valence-electron chi connectivity index (χ4n) is 3.15.